The molecule has 0 aliphatic carbocycles. The summed E-state index contributed by atoms with van der Waals surface area (Å²) in [5.41, 5.74) is 7.76. The van der Waals surface area contributed by atoms with Crippen LogP contribution in [0.3, 0.4) is 0 Å². The van der Waals surface area contributed by atoms with Crippen molar-refractivity contribution in [3.05, 3.63) is 35.5 Å². The molecule has 0 radical (unpaired) electrons. The van der Waals surface area contributed by atoms with E-state index in [0.717, 1.165) is 5.56 Å². The van der Waals surface area contributed by atoms with Crippen molar-refractivity contribution in [1.29, 1.82) is 5.41 Å². The molecule has 0 fully saturated rings. The minimum Gasteiger partial charge on any atom is -0.395 e. The van der Waals surface area contributed by atoms with Crippen LogP contribution in [0, 0.1) is 5.41 Å². The summed E-state index contributed by atoms with van der Waals surface area (Å²) in [5, 5.41) is 7.55. The van der Waals surface area contributed by atoms with Gasteiger partial charge in [-0.15, -0.1) is 0 Å². The maximum absolute atomic E-state index is 7.51. The smallest absolute Gasteiger partial charge is 0.223 e. The standard InChI is InChI=1S/C10H7BrClN5/c11-9(14)8-6(13)7(16-10(12)17-8)5-1-3-15-4-2-5/h1-4,14H,13H2. The van der Waals surface area contributed by atoms with Gasteiger partial charge in [0, 0.05) is 18.0 Å². The number of hydrogen-bond acceptors (Lipinski definition) is 5. The zero-order valence-electron chi connectivity index (χ0n) is 8.48. The van der Waals surface area contributed by atoms with Crippen LogP contribution in [0.2, 0.25) is 5.28 Å². The van der Waals surface area contributed by atoms with Crippen LogP contribution in [0.4, 0.5) is 5.69 Å². The van der Waals surface area contributed by atoms with Gasteiger partial charge in [-0.1, -0.05) is 0 Å². The summed E-state index contributed by atoms with van der Waals surface area (Å²) in [6.07, 6.45) is 3.26. The molecule has 3 N–H and O–H groups in total. The van der Waals surface area contributed by atoms with Gasteiger partial charge in [0.25, 0.3) is 0 Å². The van der Waals surface area contributed by atoms with Gasteiger partial charge < -0.3 is 5.73 Å². The molecule has 2 aromatic rings. The van der Waals surface area contributed by atoms with Crippen molar-refractivity contribution in [2.45, 2.75) is 0 Å². The van der Waals surface area contributed by atoms with E-state index < -0.39 is 0 Å². The second-order valence-corrected chi connectivity index (χ2v) is 4.28. The van der Waals surface area contributed by atoms with E-state index in [9.17, 15) is 0 Å². The number of nitrogens with two attached hydrogens (primary N) is 1. The van der Waals surface area contributed by atoms with Crippen LogP contribution in [0.15, 0.2) is 24.5 Å². The van der Waals surface area contributed by atoms with Crippen LogP contribution >= 0.6 is 27.5 Å². The zero-order chi connectivity index (χ0) is 12.4. The van der Waals surface area contributed by atoms with Crippen molar-refractivity contribution >= 4 is 37.8 Å². The lowest BCUT2D eigenvalue weighted by molar-refractivity contribution is 1.16. The number of rotatable bonds is 2. The average Bonchev–Trinajstić information content (AvgIpc) is 2.32. The van der Waals surface area contributed by atoms with Crippen LogP contribution < -0.4 is 5.73 Å². The Hall–Kier alpha value is -1.53. The van der Waals surface area contributed by atoms with Gasteiger partial charge in [0.2, 0.25) is 5.28 Å². The van der Waals surface area contributed by atoms with Crippen LogP contribution in [0.5, 0.6) is 0 Å². The Labute approximate surface area is 111 Å². The second-order valence-electron chi connectivity index (χ2n) is 3.15. The molecule has 0 aliphatic rings. The Morgan fingerprint density at radius 3 is 2.53 bits per heavy atom. The predicted molar refractivity (Wildman–Crippen MR) is 70.4 cm³/mol. The Bertz CT molecular complexity index is 572. The Kier molecular flexibility index (Phi) is 3.35. The van der Waals surface area contributed by atoms with Crippen LogP contribution in [0.1, 0.15) is 5.69 Å². The largest absolute Gasteiger partial charge is 0.395 e. The average molecular weight is 313 g/mol. The predicted octanol–water partition coefficient (Wildman–Crippen LogP) is 2.49. The minimum atomic E-state index is 0.0465. The fraction of sp³-hybridized carbons (Fsp3) is 0. The van der Waals surface area contributed by atoms with E-state index in [1.54, 1.807) is 24.5 Å². The van der Waals surface area contributed by atoms with Gasteiger partial charge in [-0.05, 0) is 39.7 Å². The third-order valence-electron chi connectivity index (χ3n) is 2.08. The van der Waals surface area contributed by atoms with Crippen molar-refractivity contribution in [2.75, 3.05) is 5.73 Å². The van der Waals surface area contributed by atoms with Crippen molar-refractivity contribution in [2.24, 2.45) is 0 Å². The second kappa shape index (κ2) is 4.77. The molecule has 0 aliphatic heterocycles. The molecular formula is C10H7BrClN5. The fourth-order valence-electron chi connectivity index (χ4n) is 1.34. The van der Waals surface area contributed by atoms with E-state index >= 15 is 0 Å². The highest BCUT2D eigenvalue weighted by atomic mass is 79.9. The van der Waals surface area contributed by atoms with Crippen molar-refractivity contribution in [1.82, 2.24) is 15.0 Å². The molecule has 0 amide bonds. The molecule has 2 heterocycles. The Morgan fingerprint density at radius 1 is 1.29 bits per heavy atom. The number of nitrogens with zero attached hydrogens (tertiary/aromatic N) is 3. The number of nitrogens with one attached hydrogen (secondary N) is 1. The lowest BCUT2D eigenvalue weighted by Crippen LogP contribution is -2.06. The highest BCUT2D eigenvalue weighted by Crippen LogP contribution is 2.27. The van der Waals surface area contributed by atoms with Crippen LogP contribution in [-0.4, -0.2) is 19.6 Å². The van der Waals surface area contributed by atoms with E-state index in [2.05, 4.69) is 30.9 Å². The summed E-state index contributed by atoms with van der Waals surface area (Å²) in [5.74, 6) is 0. The molecule has 17 heavy (non-hydrogen) atoms. The first-order chi connectivity index (χ1) is 8.09. The maximum atomic E-state index is 7.51. The van der Waals surface area contributed by atoms with E-state index in [1.165, 1.54) is 0 Å². The monoisotopic (exact) mass is 311 g/mol. The number of hydrogen-bond donors (Lipinski definition) is 2. The molecule has 0 spiro atoms. The quantitative estimate of drug-likeness (QED) is 0.658. The molecule has 0 bridgehead atoms. The highest BCUT2D eigenvalue weighted by Gasteiger charge is 2.14. The maximum Gasteiger partial charge on any atom is 0.223 e. The van der Waals surface area contributed by atoms with Gasteiger partial charge in [0.15, 0.2) is 0 Å². The first kappa shape index (κ1) is 11.9. The lowest BCUT2D eigenvalue weighted by Gasteiger charge is -2.08. The highest BCUT2D eigenvalue weighted by molar-refractivity contribution is 9.18. The number of nitrogen functional groups attached to an aromatic ring is 1. The van der Waals surface area contributed by atoms with Gasteiger partial charge >= 0.3 is 0 Å². The first-order valence-corrected chi connectivity index (χ1v) is 5.74. The SMILES string of the molecule is N=C(Br)c1nc(Cl)nc(-c2ccncc2)c1N. The molecule has 5 nitrogen and oxygen atoms in total. The van der Waals surface area contributed by atoms with Crippen molar-refractivity contribution in [3.63, 3.8) is 0 Å². The molecule has 0 aromatic carbocycles. The Morgan fingerprint density at radius 2 is 1.94 bits per heavy atom. The van der Waals surface area contributed by atoms with Gasteiger partial charge in [-0.2, -0.15) is 0 Å². The number of anilines is 1. The van der Waals surface area contributed by atoms with E-state index in [0.29, 0.717) is 11.4 Å². The van der Waals surface area contributed by atoms with E-state index in [1.807, 2.05) is 0 Å². The van der Waals surface area contributed by atoms with Gasteiger partial charge in [0.05, 0.1) is 11.4 Å². The summed E-state index contributed by atoms with van der Waals surface area (Å²) < 4.78 is 0.0645. The zero-order valence-corrected chi connectivity index (χ0v) is 10.8. The van der Waals surface area contributed by atoms with Gasteiger partial charge in [-0.3, -0.25) is 10.4 Å². The summed E-state index contributed by atoms with van der Waals surface area (Å²) >= 11 is 8.82. The summed E-state index contributed by atoms with van der Waals surface area (Å²) in [4.78, 5) is 11.9. The molecular weight excluding hydrogens is 306 g/mol. The molecule has 2 aromatic heterocycles. The van der Waals surface area contributed by atoms with Crippen molar-refractivity contribution < 1.29 is 0 Å². The minimum absolute atomic E-state index is 0.0465. The number of pyridine rings is 1. The molecule has 7 heteroatoms. The van der Waals surface area contributed by atoms with Gasteiger partial charge in [0.1, 0.15) is 10.3 Å². The molecule has 86 valence electrons. The van der Waals surface area contributed by atoms with E-state index in [4.69, 9.17) is 22.7 Å². The molecule has 2 rings (SSSR count). The third-order valence-corrected chi connectivity index (χ3v) is 2.62. The number of halogens is 2. The van der Waals surface area contributed by atoms with Crippen LogP contribution in [-0.2, 0) is 0 Å². The van der Waals surface area contributed by atoms with Gasteiger partial charge in [-0.25, -0.2) is 9.97 Å². The van der Waals surface area contributed by atoms with Crippen LogP contribution in [0.25, 0.3) is 11.3 Å². The Balaban J connectivity index is 2.67. The third kappa shape index (κ3) is 2.42. The normalized spacial score (nSPS) is 10.2. The van der Waals surface area contributed by atoms with Crippen molar-refractivity contribution in [3.8, 4) is 11.3 Å². The molecule has 0 unspecified atom stereocenters. The summed E-state index contributed by atoms with van der Waals surface area (Å²) in [6.45, 7) is 0. The fourth-order valence-corrected chi connectivity index (χ4v) is 1.81. The molecule has 0 saturated carbocycles. The topological polar surface area (TPSA) is 88.5 Å². The lowest BCUT2D eigenvalue weighted by atomic mass is 10.1. The first-order valence-electron chi connectivity index (χ1n) is 4.57. The number of aromatic nitrogens is 3. The summed E-state index contributed by atoms with van der Waals surface area (Å²) in [6, 6.07) is 3.52. The van der Waals surface area contributed by atoms with E-state index in [-0.39, 0.29) is 15.6 Å². The molecule has 0 saturated heterocycles. The summed E-state index contributed by atoms with van der Waals surface area (Å²) in [7, 11) is 0. The molecule has 0 atom stereocenters.